The Morgan fingerprint density at radius 2 is 2.00 bits per heavy atom. The zero-order valence-corrected chi connectivity index (χ0v) is 10.7. The predicted octanol–water partition coefficient (Wildman–Crippen LogP) is 2.23. The quantitative estimate of drug-likeness (QED) is 0.686. The van der Waals surface area contributed by atoms with E-state index in [0.29, 0.717) is 17.3 Å². The summed E-state index contributed by atoms with van der Waals surface area (Å²) in [5, 5.41) is 5.99. The second kappa shape index (κ2) is 6.13. The molecule has 0 unspecified atom stereocenters. The molecule has 0 atom stereocenters. The van der Waals surface area contributed by atoms with Gasteiger partial charge in [0.15, 0.2) is 0 Å². The summed E-state index contributed by atoms with van der Waals surface area (Å²) in [5.74, 6) is -0.0987. The van der Waals surface area contributed by atoms with Gasteiger partial charge in [0.05, 0.1) is 5.56 Å². The molecule has 0 fully saturated rings. The monoisotopic (exact) mass is 235 g/mol. The summed E-state index contributed by atoms with van der Waals surface area (Å²) in [6, 6.07) is 5.66. The summed E-state index contributed by atoms with van der Waals surface area (Å²) < 4.78 is 0. The average Bonchev–Trinajstić information content (AvgIpc) is 2.35. The number of nitrogens with one attached hydrogen (secondary N) is 2. The summed E-state index contributed by atoms with van der Waals surface area (Å²) in [5.41, 5.74) is 7.85. The lowest BCUT2D eigenvalue weighted by atomic mass is 10.1. The molecule has 1 amide bonds. The second-order valence-corrected chi connectivity index (χ2v) is 4.04. The van der Waals surface area contributed by atoms with Crippen molar-refractivity contribution in [2.24, 2.45) is 0 Å². The van der Waals surface area contributed by atoms with Crippen molar-refractivity contribution in [3.8, 4) is 0 Å². The van der Waals surface area contributed by atoms with E-state index in [9.17, 15) is 4.79 Å². The van der Waals surface area contributed by atoms with Gasteiger partial charge < -0.3 is 16.4 Å². The Morgan fingerprint density at radius 1 is 1.35 bits per heavy atom. The summed E-state index contributed by atoms with van der Waals surface area (Å²) in [7, 11) is 1.62. The zero-order chi connectivity index (χ0) is 12.8. The fourth-order valence-corrected chi connectivity index (χ4v) is 1.73. The van der Waals surface area contributed by atoms with Gasteiger partial charge in [-0.25, -0.2) is 0 Å². The molecule has 0 bridgehead atoms. The molecule has 1 aromatic carbocycles. The van der Waals surface area contributed by atoms with Gasteiger partial charge in [0.1, 0.15) is 0 Å². The molecule has 0 aliphatic heterocycles. The number of hydrogen-bond donors (Lipinski definition) is 3. The number of carbonyl (C=O) groups excluding carboxylic acids is 1. The predicted molar refractivity (Wildman–Crippen MR) is 72.2 cm³/mol. The van der Waals surface area contributed by atoms with Crippen LogP contribution in [0.4, 0.5) is 11.4 Å². The smallest absolute Gasteiger partial charge is 0.253 e. The highest BCUT2D eigenvalue weighted by Gasteiger charge is 2.12. The van der Waals surface area contributed by atoms with E-state index in [0.717, 1.165) is 18.5 Å². The molecule has 0 saturated carbocycles. The van der Waals surface area contributed by atoms with Crippen LogP contribution >= 0.6 is 0 Å². The molecule has 0 heterocycles. The lowest BCUT2D eigenvalue weighted by Crippen LogP contribution is -2.23. The van der Waals surface area contributed by atoms with Crippen LogP contribution in [0.3, 0.4) is 0 Å². The molecule has 0 spiro atoms. The highest BCUT2D eigenvalue weighted by molar-refractivity contribution is 6.00. The fraction of sp³-hybridized carbons (Fsp3) is 0.462. The Hall–Kier alpha value is -1.71. The SMILES string of the molecule is CCC(CC)Nc1cc(N)ccc1C(=O)NC. The van der Waals surface area contributed by atoms with Crippen LogP contribution in [0.2, 0.25) is 0 Å². The van der Waals surface area contributed by atoms with E-state index in [2.05, 4.69) is 24.5 Å². The Labute approximate surface area is 103 Å². The van der Waals surface area contributed by atoms with Gasteiger partial charge in [0.2, 0.25) is 0 Å². The Bertz CT molecular complexity index is 386. The molecule has 4 nitrogen and oxygen atoms in total. The van der Waals surface area contributed by atoms with Crippen molar-refractivity contribution in [3.63, 3.8) is 0 Å². The zero-order valence-electron chi connectivity index (χ0n) is 10.7. The third kappa shape index (κ3) is 3.37. The number of hydrogen-bond acceptors (Lipinski definition) is 3. The van der Waals surface area contributed by atoms with Crippen LogP contribution in [0, 0.1) is 0 Å². The number of rotatable bonds is 5. The second-order valence-electron chi connectivity index (χ2n) is 4.04. The van der Waals surface area contributed by atoms with Crippen molar-refractivity contribution in [3.05, 3.63) is 23.8 Å². The van der Waals surface area contributed by atoms with Crippen LogP contribution < -0.4 is 16.4 Å². The van der Waals surface area contributed by atoms with Gasteiger partial charge in [-0.05, 0) is 31.0 Å². The van der Waals surface area contributed by atoms with Crippen LogP contribution in [-0.2, 0) is 0 Å². The minimum Gasteiger partial charge on any atom is -0.399 e. The third-order valence-electron chi connectivity index (χ3n) is 2.86. The molecule has 0 aliphatic carbocycles. The van der Waals surface area contributed by atoms with Crippen LogP contribution in [-0.4, -0.2) is 19.0 Å². The van der Waals surface area contributed by atoms with E-state index in [1.54, 1.807) is 19.2 Å². The molecule has 4 N–H and O–H groups in total. The summed E-state index contributed by atoms with van der Waals surface area (Å²) in [6.45, 7) is 4.24. The number of nitrogen functional groups attached to an aromatic ring is 1. The van der Waals surface area contributed by atoms with Gasteiger partial charge in [-0.15, -0.1) is 0 Å². The van der Waals surface area contributed by atoms with Crippen LogP contribution in [0.15, 0.2) is 18.2 Å². The number of benzene rings is 1. The van der Waals surface area contributed by atoms with Gasteiger partial charge in [-0.1, -0.05) is 13.8 Å². The molecule has 0 aliphatic rings. The Kier molecular flexibility index (Phi) is 4.82. The van der Waals surface area contributed by atoms with E-state index in [-0.39, 0.29) is 5.91 Å². The summed E-state index contributed by atoms with van der Waals surface area (Å²) in [6.07, 6.45) is 2.02. The molecule has 94 valence electrons. The molecular weight excluding hydrogens is 214 g/mol. The van der Waals surface area contributed by atoms with Crippen LogP contribution in [0.1, 0.15) is 37.0 Å². The fourth-order valence-electron chi connectivity index (χ4n) is 1.73. The summed E-state index contributed by atoms with van der Waals surface area (Å²) in [4.78, 5) is 11.7. The van der Waals surface area contributed by atoms with E-state index < -0.39 is 0 Å². The van der Waals surface area contributed by atoms with Gasteiger partial charge in [0.25, 0.3) is 5.91 Å². The first-order valence-electron chi connectivity index (χ1n) is 6.00. The first kappa shape index (κ1) is 13.4. The first-order valence-corrected chi connectivity index (χ1v) is 6.00. The molecule has 0 aromatic heterocycles. The van der Waals surface area contributed by atoms with E-state index in [1.165, 1.54) is 0 Å². The van der Waals surface area contributed by atoms with Crippen molar-refractivity contribution in [2.45, 2.75) is 32.7 Å². The number of anilines is 2. The van der Waals surface area contributed by atoms with Crippen molar-refractivity contribution in [2.75, 3.05) is 18.1 Å². The topological polar surface area (TPSA) is 67.1 Å². The molecule has 0 saturated heterocycles. The standard InChI is InChI=1S/C13H21N3O/c1-4-10(5-2)16-12-8-9(14)6-7-11(12)13(17)15-3/h6-8,10,16H,4-5,14H2,1-3H3,(H,15,17). The third-order valence-corrected chi connectivity index (χ3v) is 2.86. The van der Waals surface area contributed by atoms with Crippen molar-refractivity contribution in [1.82, 2.24) is 5.32 Å². The maximum absolute atomic E-state index is 11.7. The van der Waals surface area contributed by atoms with Crippen molar-refractivity contribution < 1.29 is 4.79 Å². The number of amides is 1. The van der Waals surface area contributed by atoms with Gasteiger partial charge in [-0.3, -0.25) is 4.79 Å². The van der Waals surface area contributed by atoms with Gasteiger partial charge in [0, 0.05) is 24.5 Å². The van der Waals surface area contributed by atoms with E-state index >= 15 is 0 Å². The minimum absolute atomic E-state index is 0.0987. The van der Waals surface area contributed by atoms with Crippen molar-refractivity contribution >= 4 is 17.3 Å². The highest BCUT2D eigenvalue weighted by Crippen LogP contribution is 2.21. The normalized spacial score (nSPS) is 10.4. The minimum atomic E-state index is -0.0987. The van der Waals surface area contributed by atoms with Crippen LogP contribution in [0.25, 0.3) is 0 Å². The number of nitrogens with two attached hydrogens (primary N) is 1. The summed E-state index contributed by atoms with van der Waals surface area (Å²) >= 11 is 0. The molecule has 1 rings (SSSR count). The van der Waals surface area contributed by atoms with Crippen LogP contribution in [0.5, 0.6) is 0 Å². The van der Waals surface area contributed by atoms with E-state index in [1.807, 2.05) is 6.07 Å². The largest absolute Gasteiger partial charge is 0.399 e. The lowest BCUT2D eigenvalue weighted by Gasteiger charge is -2.19. The maximum atomic E-state index is 11.7. The Balaban J connectivity index is 3.02. The van der Waals surface area contributed by atoms with E-state index in [4.69, 9.17) is 5.73 Å². The average molecular weight is 235 g/mol. The van der Waals surface area contributed by atoms with Gasteiger partial charge >= 0.3 is 0 Å². The molecule has 1 aromatic rings. The van der Waals surface area contributed by atoms with Crippen molar-refractivity contribution in [1.29, 1.82) is 0 Å². The highest BCUT2D eigenvalue weighted by atomic mass is 16.1. The molecule has 0 radical (unpaired) electrons. The molecule has 4 heteroatoms. The lowest BCUT2D eigenvalue weighted by molar-refractivity contribution is 0.0964. The molecular formula is C13H21N3O. The number of carbonyl (C=O) groups is 1. The molecule has 17 heavy (non-hydrogen) atoms. The Morgan fingerprint density at radius 3 is 2.53 bits per heavy atom. The maximum Gasteiger partial charge on any atom is 0.253 e. The first-order chi connectivity index (χ1) is 8.12. The van der Waals surface area contributed by atoms with Gasteiger partial charge in [-0.2, -0.15) is 0 Å².